The second-order valence-electron chi connectivity index (χ2n) is 6.81. The Morgan fingerprint density at radius 1 is 0.935 bits per heavy atom. The fraction of sp³-hybridized carbons (Fsp3) is 0.348. The zero-order chi connectivity index (χ0) is 22.6. The minimum absolute atomic E-state index is 0.283. The largest absolute Gasteiger partial charge is 0.497 e. The first kappa shape index (κ1) is 24.3. The quantitative estimate of drug-likeness (QED) is 0.517. The first-order valence-electron chi connectivity index (χ1n) is 9.84. The molecule has 0 saturated carbocycles. The number of hydrogen-bond acceptors (Lipinski definition) is 6. The van der Waals surface area contributed by atoms with Crippen molar-refractivity contribution >= 4 is 29.5 Å². The maximum absolute atomic E-state index is 13.0. The van der Waals surface area contributed by atoms with Crippen molar-refractivity contribution in [3.63, 3.8) is 0 Å². The predicted molar refractivity (Wildman–Crippen MR) is 121 cm³/mol. The van der Waals surface area contributed by atoms with Crippen LogP contribution in [0.5, 0.6) is 5.75 Å². The van der Waals surface area contributed by atoms with Gasteiger partial charge >= 0.3 is 5.97 Å². The van der Waals surface area contributed by atoms with E-state index in [0.717, 1.165) is 5.56 Å². The summed E-state index contributed by atoms with van der Waals surface area (Å²) in [6.45, 7) is 0. The van der Waals surface area contributed by atoms with Crippen molar-refractivity contribution in [1.82, 2.24) is 10.6 Å². The number of ether oxygens (including phenoxy) is 2. The molecule has 2 N–H and O–H groups in total. The van der Waals surface area contributed by atoms with Gasteiger partial charge in [0.15, 0.2) is 0 Å². The van der Waals surface area contributed by atoms with Gasteiger partial charge in [-0.15, -0.1) is 0 Å². The molecule has 0 spiro atoms. The first-order valence-corrected chi connectivity index (χ1v) is 11.2. The lowest BCUT2D eigenvalue weighted by Crippen LogP contribution is -2.52. The van der Waals surface area contributed by atoms with Crippen LogP contribution in [0.1, 0.15) is 22.3 Å². The van der Waals surface area contributed by atoms with Crippen molar-refractivity contribution in [1.29, 1.82) is 0 Å². The van der Waals surface area contributed by atoms with Gasteiger partial charge in [0.2, 0.25) is 5.91 Å². The minimum atomic E-state index is -0.863. The average Bonchev–Trinajstić information content (AvgIpc) is 2.81. The van der Waals surface area contributed by atoms with Crippen LogP contribution in [0.4, 0.5) is 0 Å². The molecule has 0 radical (unpaired) electrons. The van der Waals surface area contributed by atoms with Crippen molar-refractivity contribution in [3.05, 3.63) is 65.7 Å². The van der Waals surface area contributed by atoms with Crippen molar-refractivity contribution in [2.75, 3.05) is 26.2 Å². The molecule has 0 saturated heterocycles. The SMILES string of the molecule is COC(=O)[C@@H](CCSC)NC(=O)[C@@H](Cc1ccccc1)NC(=O)c1ccc(OC)cc1. The second-order valence-corrected chi connectivity index (χ2v) is 7.80. The van der Waals surface area contributed by atoms with Crippen LogP contribution in [0.2, 0.25) is 0 Å². The van der Waals surface area contributed by atoms with Gasteiger partial charge in [-0.3, -0.25) is 9.59 Å². The fourth-order valence-electron chi connectivity index (χ4n) is 2.94. The Labute approximate surface area is 186 Å². The summed E-state index contributed by atoms with van der Waals surface area (Å²) >= 11 is 1.57. The van der Waals surface area contributed by atoms with E-state index in [2.05, 4.69) is 10.6 Å². The van der Waals surface area contributed by atoms with E-state index in [1.807, 2.05) is 36.6 Å². The molecule has 0 aromatic heterocycles. The molecule has 166 valence electrons. The molecule has 0 unspecified atom stereocenters. The summed E-state index contributed by atoms with van der Waals surface area (Å²) in [5, 5.41) is 5.52. The highest BCUT2D eigenvalue weighted by atomic mass is 32.2. The number of methoxy groups -OCH3 is 2. The number of thioether (sulfide) groups is 1. The molecule has 0 aliphatic carbocycles. The predicted octanol–water partition coefficient (Wildman–Crippen LogP) is 2.45. The van der Waals surface area contributed by atoms with Crippen LogP contribution in [0.15, 0.2) is 54.6 Å². The highest BCUT2D eigenvalue weighted by Gasteiger charge is 2.27. The van der Waals surface area contributed by atoms with Gasteiger partial charge in [0.05, 0.1) is 14.2 Å². The second kappa shape index (κ2) is 12.6. The Kier molecular flexibility index (Phi) is 9.90. The number of nitrogens with one attached hydrogen (secondary N) is 2. The molecular formula is C23H28N2O5S. The molecule has 8 heteroatoms. The van der Waals surface area contributed by atoms with Crippen LogP contribution in [0.25, 0.3) is 0 Å². The molecule has 2 rings (SSSR count). The highest BCUT2D eigenvalue weighted by molar-refractivity contribution is 7.98. The lowest BCUT2D eigenvalue weighted by molar-refractivity contribution is -0.145. The zero-order valence-corrected chi connectivity index (χ0v) is 18.7. The molecule has 0 fully saturated rings. The molecule has 0 heterocycles. The van der Waals surface area contributed by atoms with Gasteiger partial charge in [0.1, 0.15) is 17.8 Å². The van der Waals surface area contributed by atoms with Crippen LogP contribution in [-0.2, 0) is 20.7 Å². The standard InChI is InChI=1S/C23H28N2O5S/c1-29-18-11-9-17(10-12-18)21(26)25-20(15-16-7-5-4-6-8-16)22(27)24-19(13-14-31-3)23(28)30-2/h4-12,19-20H,13-15H2,1-3H3,(H,24,27)(H,25,26)/t19-,20-/m1/s1. The van der Waals surface area contributed by atoms with Crippen LogP contribution < -0.4 is 15.4 Å². The number of hydrogen-bond donors (Lipinski definition) is 2. The van der Waals surface area contributed by atoms with E-state index in [-0.39, 0.29) is 6.42 Å². The van der Waals surface area contributed by atoms with E-state index in [4.69, 9.17) is 9.47 Å². The number of amides is 2. The van der Waals surface area contributed by atoms with E-state index >= 15 is 0 Å². The maximum Gasteiger partial charge on any atom is 0.328 e. The summed E-state index contributed by atoms with van der Waals surface area (Å²) in [4.78, 5) is 37.9. The summed E-state index contributed by atoms with van der Waals surface area (Å²) in [6.07, 6.45) is 2.64. The average molecular weight is 445 g/mol. The van der Waals surface area contributed by atoms with Gasteiger partial charge in [-0.1, -0.05) is 30.3 Å². The molecule has 0 aliphatic heterocycles. The molecular weight excluding hydrogens is 416 g/mol. The third-order valence-corrected chi connectivity index (χ3v) is 5.31. The highest BCUT2D eigenvalue weighted by Crippen LogP contribution is 2.12. The van der Waals surface area contributed by atoms with Gasteiger partial charge in [-0.05, 0) is 48.3 Å². The van der Waals surface area contributed by atoms with Crippen LogP contribution in [0.3, 0.4) is 0 Å². The van der Waals surface area contributed by atoms with E-state index in [1.54, 1.807) is 43.1 Å². The molecule has 2 amide bonds. The van der Waals surface area contributed by atoms with Gasteiger partial charge in [-0.25, -0.2) is 4.79 Å². The molecule has 2 aromatic carbocycles. The van der Waals surface area contributed by atoms with Crippen molar-refractivity contribution in [2.24, 2.45) is 0 Å². The monoisotopic (exact) mass is 444 g/mol. The smallest absolute Gasteiger partial charge is 0.328 e. The Morgan fingerprint density at radius 2 is 1.61 bits per heavy atom. The number of esters is 1. The molecule has 2 atom stereocenters. The van der Waals surface area contributed by atoms with Gasteiger partial charge in [0, 0.05) is 12.0 Å². The van der Waals surface area contributed by atoms with Crippen LogP contribution >= 0.6 is 11.8 Å². The molecule has 0 bridgehead atoms. The molecule has 7 nitrogen and oxygen atoms in total. The lowest BCUT2D eigenvalue weighted by atomic mass is 10.0. The third kappa shape index (κ3) is 7.64. The number of rotatable bonds is 11. The Balaban J connectivity index is 2.18. The molecule has 2 aromatic rings. The van der Waals surface area contributed by atoms with Crippen molar-refractivity contribution in [3.8, 4) is 5.75 Å². The Morgan fingerprint density at radius 3 is 2.19 bits per heavy atom. The van der Waals surface area contributed by atoms with Crippen molar-refractivity contribution < 1.29 is 23.9 Å². The number of benzene rings is 2. The summed E-state index contributed by atoms with van der Waals surface area (Å²) < 4.78 is 9.93. The van der Waals surface area contributed by atoms with Gasteiger partial charge < -0.3 is 20.1 Å². The Hall–Kier alpha value is -3.00. The summed E-state index contributed by atoms with van der Waals surface area (Å²) in [7, 11) is 2.83. The van der Waals surface area contributed by atoms with E-state index in [9.17, 15) is 14.4 Å². The van der Waals surface area contributed by atoms with Crippen molar-refractivity contribution in [2.45, 2.75) is 24.9 Å². The maximum atomic E-state index is 13.0. The minimum Gasteiger partial charge on any atom is -0.497 e. The van der Waals surface area contributed by atoms with Crippen LogP contribution in [0, 0.1) is 0 Å². The van der Waals surface area contributed by atoms with E-state index in [0.29, 0.717) is 23.5 Å². The zero-order valence-electron chi connectivity index (χ0n) is 17.9. The third-order valence-electron chi connectivity index (χ3n) is 4.67. The topological polar surface area (TPSA) is 93.7 Å². The normalized spacial score (nSPS) is 12.4. The Bertz CT molecular complexity index is 858. The van der Waals surface area contributed by atoms with E-state index in [1.165, 1.54) is 7.11 Å². The summed E-state index contributed by atoms with van der Waals surface area (Å²) in [5.74, 6) is -0.0337. The lowest BCUT2D eigenvalue weighted by Gasteiger charge is -2.22. The molecule has 31 heavy (non-hydrogen) atoms. The first-order chi connectivity index (χ1) is 15.0. The summed E-state index contributed by atoms with van der Waals surface area (Å²) in [6, 6.07) is 14.3. The van der Waals surface area contributed by atoms with Crippen LogP contribution in [-0.4, -0.2) is 56.1 Å². The molecule has 0 aliphatic rings. The van der Waals surface area contributed by atoms with Gasteiger partial charge in [-0.2, -0.15) is 11.8 Å². The summed E-state index contributed by atoms with van der Waals surface area (Å²) in [5.41, 5.74) is 1.29. The van der Waals surface area contributed by atoms with Gasteiger partial charge in [0.25, 0.3) is 5.91 Å². The number of carbonyl (C=O) groups is 3. The number of carbonyl (C=O) groups excluding carboxylic acids is 3. The fourth-order valence-corrected chi connectivity index (χ4v) is 3.41. The van der Waals surface area contributed by atoms with E-state index < -0.39 is 29.9 Å².